The third kappa shape index (κ3) is 5.59. The molecule has 22 heavy (non-hydrogen) atoms. The van der Waals surface area contributed by atoms with Crippen molar-refractivity contribution in [2.75, 3.05) is 27.2 Å². The Hall–Kier alpha value is -1.70. The fourth-order valence-corrected chi connectivity index (χ4v) is 1.68. The number of nitrogens with zero attached hydrogens (tertiary/aromatic N) is 2. The van der Waals surface area contributed by atoms with Gasteiger partial charge in [-0.3, -0.25) is 4.99 Å². The van der Waals surface area contributed by atoms with Crippen molar-refractivity contribution in [3.63, 3.8) is 0 Å². The van der Waals surface area contributed by atoms with E-state index in [0.29, 0.717) is 17.7 Å². The largest absolute Gasteiger partial charge is 1.00 e. The fraction of sp³-hybridized carbons (Fsp3) is 0.286. The minimum Gasteiger partial charge on any atom is -0.507 e. The molecule has 2 aromatic rings. The third-order valence-electron chi connectivity index (χ3n) is 2.70. The van der Waals surface area contributed by atoms with Crippen LogP contribution in [0.5, 0.6) is 5.75 Å². The molecule has 0 aliphatic carbocycles. The molecule has 1 aromatic carbocycles. The van der Waals surface area contributed by atoms with Crippen molar-refractivity contribution in [3.8, 4) is 5.75 Å². The molecule has 8 heteroatoms. The van der Waals surface area contributed by atoms with Crippen LogP contribution in [0.3, 0.4) is 0 Å². The summed E-state index contributed by atoms with van der Waals surface area (Å²) in [7, 11) is 3.92. The Balaban J connectivity index is 0. The SMILES string of the molecule is CN(C)CCN=Cc1c(O)ccc2ccc(=O)oc12.O.O.[Cu+]. The molecule has 0 bridgehead atoms. The molecule has 2 rings (SSSR count). The molecule has 0 saturated carbocycles. The van der Waals surface area contributed by atoms with Crippen molar-refractivity contribution in [1.82, 2.24) is 4.90 Å². The van der Waals surface area contributed by atoms with Crippen molar-refractivity contribution in [3.05, 3.63) is 40.2 Å². The van der Waals surface area contributed by atoms with Gasteiger partial charge >= 0.3 is 22.7 Å². The number of hydrogen-bond acceptors (Lipinski definition) is 5. The average molecular weight is 360 g/mol. The molecule has 0 unspecified atom stereocenters. The van der Waals surface area contributed by atoms with Gasteiger partial charge in [-0.1, -0.05) is 0 Å². The molecule has 7 nitrogen and oxygen atoms in total. The number of phenolic OH excluding ortho intramolecular Hbond substituents is 1. The summed E-state index contributed by atoms with van der Waals surface area (Å²) in [4.78, 5) is 17.5. The maximum atomic E-state index is 11.3. The summed E-state index contributed by atoms with van der Waals surface area (Å²) >= 11 is 0. The monoisotopic (exact) mass is 359 g/mol. The van der Waals surface area contributed by atoms with Crippen LogP contribution in [0.4, 0.5) is 0 Å². The number of aliphatic imine (C=N–C) groups is 1. The first-order valence-corrected chi connectivity index (χ1v) is 5.98. The van der Waals surface area contributed by atoms with Crippen LogP contribution < -0.4 is 5.63 Å². The zero-order chi connectivity index (χ0) is 13.8. The molecule has 0 aliphatic heterocycles. The first-order chi connectivity index (χ1) is 9.08. The third-order valence-corrected chi connectivity index (χ3v) is 2.70. The van der Waals surface area contributed by atoms with Crippen molar-refractivity contribution in [2.24, 2.45) is 4.99 Å². The van der Waals surface area contributed by atoms with Gasteiger partial charge < -0.3 is 25.4 Å². The molecule has 1 aromatic heterocycles. The van der Waals surface area contributed by atoms with E-state index in [0.717, 1.165) is 11.9 Å². The van der Waals surface area contributed by atoms with Crippen molar-refractivity contribution in [1.29, 1.82) is 0 Å². The Morgan fingerprint density at radius 1 is 1.23 bits per heavy atom. The van der Waals surface area contributed by atoms with Gasteiger partial charge in [0.25, 0.3) is 0 Å². The van der Waals surface area contributed by atoms with E-state index in [-0.39, 0.29) is 33.8 Å². The number of benzene rings is 1. The second kappa shape index (κ2) is 10.1. The van der Waals surface area contributed by atoms with E-state index in [1.165, 1.54) is 6.07 Å². The number of hydrogen-bond donors (Lipinski definition) is 1. The van der Waals surface area contributed by atoms with Crippen LogP contribution in [-0.4, -0.2) is 54.4 Å². The zero-order valence-electron chi connectivity index (χ0n) is 12.3. The smallest absolute Gasteiger partial charge is 0.507 e. The Morgan fingerprint density at radius 3 is 2.50 bits per heavy atom. The van der Waals surface area contributed by atoms with Crippen LogP contribution in [0.2, 0.25) is 0 Å². The van der Waals surface area contributed by atoms with Gasteiger partial charge in [0.15, 0.2) is 5.58 Å². The van der Waals surface area contributed by atoms with Gasteiger partial charge in [0.2, 0.25) is 0 Å². The predicted molar refractivity (Wildman–Crippen MR) is 82.4 cm³/mol. The Kier molecular flexibility index (Phi) is 10.4. The minimum absolute atomic E-state index is 0. The maximum Gasteiger partial charge on any atom is 1.00 e. The summed E-state index contributed by atoms with van der Waals surface area (Å²) in [5.41, 5.74) is 0.358. The van der Waals surface area contributed by atoms with Crippen molar-refractivity contribution >= 4 is 17.2 Å². The molecule has 0 amide bonds. The number of phenols is 1. The van der Waals surface area contributed by atoms with Crippen molar-refractivity contribution in [2.45, 2.75) is 0 Å². The molecule has 0 saturated heterocycles. The fourth-order valence-electron chi connectivity index (χ4n) is 1.68. The summed E-state index contributed by atoms with van der Waals surface area (Å²) in [5, 5.41) is 10.6. The molecule has 1 heterocycles. The zero-order valence-corrected chi connectivity index (χ0v) is 13.2. The van der Waals surface area contributed by atoms with Gasteiger partial charge in [-0.2, -0.15) is 0 Å². The molecule has 0 aliphatic rings. The molecule has 126 valence electrons. The Labute approximate surface area is 138 Å². The van der Waals surface area contributed by atoms with E-state index in [9.17, 15) is 9.90 Å². The summed E-state index contributed by atoms with van der Waals surface area (Å²) in [6.45, 7) is 1.42. The normalized spacial score (nSPS) is 10.1. The summed E-state index contributed by atoms with van der Waals surface area (Å²) in [5.74, 6) is 0.0513. The molecule has 0 radical (unpaired) electrons. The topological polar surface area (TPSA) is 129 Å². The number of rotatable bonds is 4. The minimum atomic E-state index is -0.443. The van der Waals surface area contributed by atoms with Gasteiger partial charge in [-0.25, -0.2) is 4.79 Å². The first-order valence-electron chi connectivity index (χ1n) is 5.98. The summed E-state index contributed by atoms with van der Waals surface area (Å²) < 4.78 is 5.13. The Morgan fingerprint density at radius 2 is 1.86 bits per heavy atom. The second-order valence-corrected chi connectivity index (χ2v) is 4.51. The van der Waals surface area contributed by atoms with Gasteiger partial charge in [-0.15, -0.1) is 0 Å². The van der Waals surface area contributed by atoms with Crippen LogP contribution in [0, 0.1) is 0 Å². The van der Waals surface area contributed by atoms with E-state index in [2.05, 4.69) is 4.99 Å². The van der Waals surface area contributed by atoms with Crippen LogP contribution >= 0.6 is 0 Å². The van der Waals surface area contributed by atoms with Crippen LogP contribution in [-0.2, 0) is 17.1 Å². The quantitative estimate of drug-likeness (QED) is 0.461. The van der Waals surface area contributed by atoms with Gasteiger partial charge in [0, 0.05) is 24.2 Å². The first kappa shape index (κ1) is 22.6. The molecule has 0 atom stereocenters. The summed E-state index contributed by atoms with van der Waals surface area (Å²) in [6, 6.07) is 6.28. The Bertz CT molecular complexity index is 670. The molecule has 0 fully saturated rings. The molecule has 5 N–H and O–H groups in total. The van der Waals surface area contributed by atoms with E-state index < -0.39 is 5.63 Å². The van der Waals surface area contributed by atoms with Gasteiger partial charge in [-0.05, 0) is 32.3 Å². The standard InChI is InChI=1S/C14H16N2O3.Cu.2H2O/c1-16(2)8-7-15-9-11-12(17)5-3-10-4-6-13(18)19-14(10)11;;;/h3-6,9,17H,7-8H2,1-2H3;;2*1H2/q;+1;;. The average Bonchev–Trinajstić information content (AvgIpc) is 2.36. The summed E-state index contributed by atoms with van der Waals surface area (Å²) in [6.07, 6.45) is 1.55. The van der Waals surface area contributed by atoms with E-state index >= 15 is 0 Å². The number of fused-ring (bicyclic) bond motifs is 1. The second-order valence-electron chi connectivity index (χ2n) is 4.51. The predicted octanol–water partition coefficient (Wildman–Crippen LogP) is -0.173. The van der Waals surface area contributed by atoms with E-state index in [1.807, 2.05) is 19.0 Å². The van der Waals surface area contributed by atoms with Gasteiger partial charge in [0.1, 0.15) is 5.75 Å². The number of likely N-dealkylation sites (N-methyl/N-ethyl adjacent to an activating group) is 1. The van der Waals surface area contributed by atoms with Crippen LogP contribution in [0.25, 0.3) is 11.0 Å². The number of aromatic hydroxyl groups is 1. The maximum absolute atomic E-state index is 11.3. The van der Waals surface area contributed by atoms with Crippen LogP contribution in [0.1, 0.15) is 5.56 Å². The molecule has 0 spiro atoms. The molecular weight excluding hydrogens is 340 g/mol. The molecular formula is C14H20CuN2O5+. The van der Waals surface area contributed by atoms with Gasteiger partial charge in [0.05, 0.1) is 12.1 Å². The van der Waals surface area contributed by atoms with Crippen molar-refractivity contribution < 1.29 is 37.5 Å². The van der Waals surface area contributed by atoms with E-state index in [1.54, 1.807) is 24.4 Å². The van der Waals surface area contributed by atoms with E-state index in [4.69, 9.17) is 4.42 Å². The van der Waals surface area contributed by atoms with Crippen LogP contribution in [0.15, 0.2) is 38.5 Å².